The zero-order chi connectivity index (χ0) is 14.1. The molecular formula is C13H16N4O3. The Kier molecular flexibility index (Phi) is 3.25. The maximum absolute atomic E-state index is 12.6. The summed E-state index contributed by atoms with van der Waals surface area (Å²) in [5, 5.41) is 17.0. The molecule has 1 aliphatic heterocycles. The smallest absolute Gasteiger partial charge is 0.307 e. The number of carboxylic acids is 1. The van der Waals surface area contributed by atoms with Crippen LogP contribution in [0.3, 0.4) is 0 Å². The van der Waals surface area contributed by atoms with Gasteiger partial charge in [-0.25, -0.2) is 0 Å². The normalized spacial score (nSPS) is 25.3. The zero-order valence-electron chi connectivity index (χ0n) is 11.0. The first-order valence-electron chi connectivity index (χ1n) is 6.70. The average molecular weight is 276 g/mol. The van der Waals surface area contributed by atoms with Crippen molar-refractivity contribution >= 4 is 11.9 Å². The number of hydrogen-bond acceptors (Lipinski definition) is 4. The van der Waals surface area contributed by atoms with Crippen LogP contribution in [0.15, 0.2) is 18.5 Å². The van der Waals surface area contributed by atoms with E-state index in [1.165, 1.54) is 0 Å². The topological polar surface area (TPSA) is 88.3 Å². The molecule has 0 saturated heterocycles. The summed E-state index contributed by atoms with van der Waals surface area (Å²) in [7, 11) is 0. The number of amides is 1. The number of aromatic nitrogens is 3. The molecule has 1 aromatic heterocycles. The lowest BCUT2D eigenvalue weighted by Crippen LogP contribution is -2.45. The molecule has 0 unspecified atom stereocenters. The third kappa shape index (κ3) is 2.19. The second-order valence-corrected chi connectivity index (χ2v) is 5.19. The maximum atomic E-state index is 12.6. The van der Waals surface area contributed by atoms with Crippen LogP contribution in [-0.4, -0.2) is 43.2 Å². The predicted octanol–water partition coefficient (Wildman–Crippen LogP) is 0.287. The fourth-order valence-electron chi connectivity index (χ4n) is 2.85. The lowest BCUT2D eigenvalue weighted by Gasteiger charge is -2.33. The third-order valence-electron chi connectivity index (χ3n) is 4.02. The molecule has 1 aliphatic carbocycles. The number of fused-ring (bicyclic) bond motifs is 1. The third-order valence-corrected chi connectivity index (χ3v) is 4.02. The quantitative estimate of drug-likeness (QED) is 0.784. The SMILES string of the molecule is O=C(O)[C@H]1CC=CC[C@H]1C(=O)N1CCn2cnnc2C1. The van der Waals surface area contributed by atoms with Gasteiger partial charge in [0.2, 0.25) is 5.91 Å². The van der Waals surface area contributed by atoms with Crippen LogP contribution in [0.1, 0.15) is 18.7 Å². The van der Waals surface area contributed by atoms with E-state index in [1.807, 2.05) is 16.7 Å². The van der Waals surface area contributed by atoms with Crippen molar-refractivity contribution in [2.45, 2.75) is 25.9 Å². The van der Waals surface area contributed by atoms with Crippen molar-refractivity contribution in [1.82, 2.24) is 19.7 Å². The first-order chi connectivity index (χ1) is 9.66. The van der Waals surface area contributed by atoms with Crippen molar-refractivity contribution in [3.05, 3.63) is 24.3 Å². The van der Waals surface area contributed by atoms with Gasteiger partial charge in [-0.15, -0.1) is 10.2 Å². The molecule has 2 heterocycles. The van der Waals surface area contributed by atoms with Gasteiger partial charge in [0.05, 0.1) is 18.4 Å². The highest BCUT2D eigenvalue weighted by molar-refractivity contribution is 5.85. The van der Waals surface area contributed by atoms with E-state index in [2.05, 4.69) is 10.2 Å². The molecule has 0 bridgehead atoms. The predicted molar refractivity (Wildman–Crippen MR) is 68.4 cm³/mol. The fraction of sp³-hybridized carbons (Fsp3) is 0.538. The summed E-state index contributed by atoms with van der Waals surface area (Å²) in [6, 6.07) is 0. The van der Waals surface area contributed by atoms with Gasteiger partial charge in [0.25, 0.3) is 0 Å². The van der Waals surface area contributed by atoms with Crippen molar-refractivity contribution < 1.29 is 14.7 Å². The molecule has 0 spiro atoms. The van der Waals surface area contributed by atoms with Crippen LogP contribution in [0.5, 0.6) is 0 Å². The highest BCUT2D eigenvalue weighted by Crippen LogP contribution is 2.28. The van der Waals surface area contributed by atoms with Gasteiger partial charge in [0, 0.05) is 13.1 Å². The van der Waals surface area contributed by atoms with Gasteiger partial charge < -0.3 is 14.6 Å². The summed E-state index contributed by atoms with van der Waals surface area (Å²) in [5.74, 6) is -1.31. The van der Waals surface area contributed by atoms with E-state index in [1.54, 1.807) is 11.2 Å². The van der Waals surface area contributed by atoms with E-state index in [-0.39, 0.29) is 5.91 Å². The Morgan fingerprint density at radius 2 is 1.95 bits per heavy atom. The van der Waals surface area contributed by atoms with Crippen LogP contribution >= 0.6 is 0 Å². The maximum Gasteiger partial charge on any atom is 0.307 e. The number of carbonyl (C=O) groups excluding carboxylic acids is 1. The van der Waals surface area contributed by atoms with Crippen molar-refractivity contribution in [3.8, 4) is 0 Å². The molecule has 0 radical (unpaired) electrons. The minimum atomic E-state index is -0.895. The van der Waals surface area contributed by atoms with Gasteiger partial charge in [-0.05, 0) is 12.8 Å². The molecule has 1 aromatic rings. The number of nitrogens with zero attached hydrogens (tertiary/aromatic N) is 4. The van der Waals surface area contributed by atoms with E-state index < -0.39 is 17.8 Å². The summed E-state index contributed by atoms with van der Waals surface area (Å²) in [5.41, 5.74) is 0. The van der Waals surface area contributed by atoms with Crippen LogP contribution < -0.4 is 0 Å². The molecule has 2 aliphatic rings. The molecular weight excluding hydrogens is 260 g/mol. The fourth-order valence-corrected chi connectivity index (χ4v) is 2.85. The lowest BCUT2D eigenvalue weighted by molar-refractivity contribution is -0.151. The van der Waals surface area contributed by atoms with Crippen LogP contribution in [0, 0.1) is 11.8 Å². The van der Waals surface area contributed by atoms with E-state index in [9.17, 15) is 14.7 Å². The standard InChI is InChI=1S/C13H16N4O3/c18-12(9-3-1-2-4-10(9)13(19)20)16-5-6-17-8-14-15-11(17)7-16/h1-2,8-10H,3-7H2,(H,19,20)/t9-,10+/m1/s1. The van der Waals surface area contributed by atoms with Crippen molar-refractivity contribution in [1.29, 1.82) is 0 Å². The number of carboxylic acid groups (broad SMARTS) is 1. The largest absolute Gasteiger partial charge is 0.481 e. The first-order valence-corrected chi connectivity index (χ1v) is 6.70. The lowest BCUT2D eigenvalue weighted by atomic mass is 9.82. The molecule has 20 heavy (non-hydrogen) atoms. The van der Waals surface area contributed by atoms with Crippen LogP contribution in [0.2, 0.25) is 0 Å². The van der Waals surface area contributed by atoms with Gasteiger partial charge >= 0.3 is 5.97 Å². The summed E-state index contributed by atoms with van der Waals surface area (Å²) < 4.78 is 1.92. The molecule has 3 rings (SSSR count). The molecule has 106 valence electrons. The minimum absolute atomic E-state index is 0.0870. The molecule has 1 N–H and O–H groups in total. The van der Waals surface area contributed by atoms with Gasteiger partial charge in [0.15, 0.2) is 5.82 Å². The van der Waals surface area contributed by atoms with Gasteiger partial charge in [0.1, 0.15) is 6.33 Å². The number of carbonyl (C=O) groups is 2. The Morgan fingerprint density at radius 1 is 1.20 bits per heavy atom. The second-order valence-electron chi connectivity index (χ2n) is 5.19. The van der Waals surface area contributed by atoms with Crippen LogP contribution in [0.25, 0.3) is 0 Å². The Balaban J connectivity index is 1.76. The Labute approximate surface area is 115 Å². The Morgan fingerprint density at radius 3 is 2.70 bits per heavy atom. The second kappa shape index (κ2) is 5.07. The van der Waals surface area contributed by atoms with E-state index in [0.29, 0.717) is 32.5 Å². The van der Waals surface area contributed by atoms with E-state index in [4.69, 9.17) is 0 Å². The molecule has 0 saturated carbocycles. The van der Waals surface area contributed by atoms with Crippen molar-refractivity contribution in [3.63, 3.8) is 0 Å². The van der Waals surface area contributed by atoms with Crippen molar-refractivity contribution in [2.75, 3.05) is 6.54 Å². The number of rotatable bonds is 2. The molecule has 0 fully saturated rings. The van der Waals surface area contributed by atoms with Gasteiger partial charge in [-0.1, -0.05) is 12.2 Å². The van der Waals surface area contributed by atoms with E-state index in [0.717, 1.165) is 5.82 Å². The monoisotopic (exact) mass is 276 g/mol. The number of hydrogen-bond donors (Lipinski definition) is 1. The molecule has 2 atom stereocenters. The molecule has 0 aromatic carbocycles. The zero-order valence-corrected chi connectivity index (χ0v) is 11.0. The summed E-state index contributed by atoms with van der Waals surface area (Å²) in [6.45, 7) is 1.65. The summed E-state index contributed by atoms with van der Waals surface area (Å²) >= 11 is 0. The number of aliphatic carboxylic acids is 1. The van der Waals surface area contributed by atoms with Gasteiger partial charge in [-0.3, -0.25) is 9.59 Å². The summed E-state index contributed by atoms with van der Waals surface area (Å²) in [6.07, 6.45) is 6.32. The Hall–Kier alpha value is -2.18. The molecule has 7 heteroatoms. The van der Waals surface area contributed by atoms with Crippen molar-refractivity contribution in [2.24, 2.45) is 11.8 Å². The molecule has 7 nitrogen and oxygen atoms in total. The van der Waals surface area contributed by atoms with Crippen LogP contribution in [-0.2, 0) is 22.7 Å². The number of allylic oxidation sites excluding steroid dienone is 2. The molecule has 1 amide bonds. The van der Waals surface area contributed by atoms with Gasteiger partial charge in [-0.2, -0.15) is 0 Å². The Bertz CT molecular complexity index is 566. The average Bonchev–Trinajstić information content (AvgIpc) is 2.93. The first kappa shape index (κ1) is 12.8. The van der Waals surface area contributed by atoms with Crippen LogP contribution in [0.4, 0.5) is 0 Å². The van der Waals surface area contributed by atoms with E-state index >= 15 is 0 Å². The highest BCUT2D eigenvalue weighted by Gasteiger charge is 2.37. The summed E-state index contributed by atoms with van der Waals surface area (Å²) in [4.78, 5) is 25.5. The highest BCUT2D eigenvalue weighted by atomic mass is 16.4. The minimum Gasteiger partial charge on any atom is -0.481 e.